The van der Waals surface area contributed by atoms with Crippen molar-refractivity contribution in [2.24, 2.45) is 0 Å². The number of ether oxygens (including phenoxy) is 2. The molecule has 24 heavy (non-hydrogen) atoms. The van der Waals surface area contributed by atoms with Crippen LogP contribution in [0.15, 0.2) is 66.7 Å². The van der Waals surface area contributed by atoms with Gasteiger partial charge in [-0.25, -0.2) is 0 Å². The van der Waals surface area contributed by atoms with E-state index >= 15 is 0 Å². The van der Waals surface area contributed by atoms with Crippen molar-refractivity contribution in [3.8, 4) is 0 Å². The molecule has 0 bridgehead atoms. The molecule has 1 atom stereocenters. The third kappa shape index (κ3) is 2.44. The fourth-order valence-corrected chi connectivity index (χ4v) is 3.35. The zero-order chi connectivity index (χ0) is 16.4. The zero-order valence-corrected chi connectivity index (χ0v) is 13.4. The normalized spacial score (nSPS) is 24.5. The highest BCUT2D eigenvalue weighted by Gasteiger charge is 2.51. The van der Waals surface area contributed by atoms with Crippen molar-refractivity contribution in [3.05, 3.63) is 77.9 Å². The molecule has 2 aromatic carbocycles. The summed E-state index contributed by atoms with van der Waals surface area (Å²) in [5.41, 5.74) is 0.687. The van der Waals surface area contributed by atoms with Crippen LogP contribution >= 0.6 is 0 Å². The molecule has 0 spiro atoms. The van der Waals surface area contributed by atoms with Crippen molar-refractivity contribution >= 4 is 11.5 Å². The average Bonchev–Trinajstić information content (AvgIpc) is 3.02. The van der Waals surface area contributed by atoms with Gasteiger partial charge in [-0.1, -0.05) is 60.7 Å². The molecule has 0 unspecified atom stereocenters. The number of ketones is 1. The number of hydrogen-bond donors (Lipinski definition) is 0. The molecule has 0 aromatic heterocycles. The van der Waals surface area contributed by atoms with Crippen molar-refractivity contribution in [1.82, 2.24) is 4.90 Å². The SMILES string of the molecule is O=C1C=C(c2ccccc2)O[C@]1(c1ccccc1)N1CCOCC1. The van der Waals surface area contributed by atoms with E-state index in [1.807, 2.05) is 60.7 Å². The molecule has 2 aromatic rings. The van der Waals surface area contributed by atoms with Gasteiger partial charge in [0.05, 0.1) is 13.2 Å². The standard InChI is InChI=1S/C20H19NO3/c22-19-15-18(16-7-3-1-4-8-16)24-20(19,17-9-5-2-6-10-17)21-11-13-23-14-12-21/h1-10,15H,11-14H2/t20-/m0/s1. The Morgan fingerprint density at radius 2 is 1.50 bits per heavy atom. The lowest BCUT2D eigenvalue weighted by atomic mass is 9.96. The predicted molar refractivity (Wildman–Crippen MR) is 91.0 cm³/mol. The van der Waals surface area contributed by atoms with Gasteiger partial charge >= 0.3 is 0 Å². The quantitative estimate of drug-likeness (QED) is 0.871. The summed E-state index contributed by atoms with van der Waals surface area (Å²) in [7, 11) is 0. The van der Waals surface area contributed by atoms with Crippen LogP contribution in [0.5, 0.6) is 0 Å². The summed E-state index contributed by atoms with van der Waals surface area (Å²) in [6.07, 6.45) is 1.62. The fourth-order valence-electron chi connectivity index (χ4n) is 3.35. The molecule has 2 aliphatic rings. The molecule has 0 amide bonds. The Hall–Kier alpha value is -2.43. The van der Waals surface area contributed by atoms with Crippen molar-refractivity contribution in [2.75, 3.05) is 26.3 Å². The van der Waals surface area contributed by atoms with E-state index in [4.69, 9.17) is 9.47 Å². The molecule has 0 N–H and O–H groups in total. The second-order valence-electron chi connectivity index (χ2n) is 5.95. The second-order valence-corrected chi connectivity index (χ2v) is 5.95. The summed E-state index contributed by atoms with van der Waals surface area (Å²) < 4.78 is 11.8. The first-order valence-electron chi connectivity index (χ1n) is 8.19. The van der Waals surface area contributed by atoms with Crippen LogP contribution in [0.25, 0.3) is 5.76 Å². The van der Waals surface area contributed by atoms with E-state index in [0.717, 1.165) is 11.1 Å². The monoisotopic (exact) mass is 321 g/mol. The Labute approximate surface area is 141 Å². The Morgan fingerprint density at radius 3 is 2.17 bits per heavy atom. The molecule has 4 rings (SSSR count). The number of hydrogen-bond acceptors (Lipinski definition) is 4. The number of morpholine rings is 1. The van der Waals surface area contributed by atoms with Crippen LogP contribution in [0.2, 0.25) is 0 Å². The number of rotatable bonds is 3. The lowest BCUT2D eigenvalue weighted by Gasteiger charge is -2.41. The van der Waals surface area contributed by atoms with Gasteiger partial charge in [-0.3, -0.25) is 9.69 Å². The summed E-state index contributed by atoms with van der Waals surface area (Å²) in [6.45, 7) is 2.53. The van der Waals surface area contributed by atoms with Crippen LogP contribution in [0.1, 0.15) is 11.1 Å². The third-order valence-corrected chi connectivity index (χ3v) is 4.53. The van der Waals surface area contributed by atoms with Crippen LogP contribution < -0.4 is 0 Å². The number of nitrogens with zero attached hydrogens (tertiary/aromatic N) is 1. The van der Waals surface area contributed by atoms with Crippen molar-refractivity contribution in [1.29, 1.82) is 0 Å². The van der Waals surface area contributed by atoms with E-state index in [1.54, 1.807) is 6.08 Å². The molecule has 0 radical (unpaired) electrons. The summed E-state index contributed by atoms with van der Waals surface area (Å²) in [6, 6.07) is 19.5. The third-order valence-electron chi connectivity index (χ3n) is 4.53. The summed E-state index contributed by atoms with van der Waals surface area (Å²) in [5, 5.41) is 0. The van der Waals surface area contributed by atoms with Crippen LogP contribution in [0, 0.1) is 0 Å². The molecule has 0 saturated carbocycles. The maximum atomic E-state index is 13.1. The molecular weight excluding hydrogens is 302 g/mol. The van der Waals surface area contributed by atoms with E-state index in [-0.39, 0.29) is 5.78 Å². The van der Waals surface area contributed by atoms with Gasteiger partial charge in [0.15, 0.2) is 0 Å². The maximum Gasteiger partial charge on any atom is 0.253 e. The second kappa shape index (κ2) is 6.23. The van der Waals surface area contributed by atoms with Crippen LogP contribution in [0.4, 0.5) is 0 Å². The smallest absolute Gasteiger partial charge is 0.253 e. The highest BCUT2D eigenvalue weighted by molar-refractivity contribution is 6.05. The zero-order valence-electron chi connectivity index (χ0n) is 13.4. The van der Waals surface area contributed by atoms with E-state index in [2.05, 4.69) is 4.90 Å². The molecule has 4 heteroatoms. The summed E-state index contributed by atoms with van der Waals surface area (Å²) in [5.74, 6) is 0.588. The van der Waals surface area contributed by atoms with E-state index < -0.39 is 5.72 Å². The first-order valence-corrected chi connectivity index (χ1v) is 8.19. The van der Waals surface area contributed by atoms with Crippen LogP contribution in [-0.2, 0) is 20.0 Å². The Kier molecular flexibility index (Phi) is 3.92. The highest BCUT2D eigenvalue weighted by atomic mass is 16.5. The average molecular weight is 321 g/mol. The number of carbonyl (C=O) groups excluding carboxylic acids is 1. The lowest BCUT2D eigenvalue weighted by Crippen LogP contribution is -2.55. The summed E-state index contributed by atoms with van der Waals surface area (Å²) >= 11 is 0. The van der Waals surface area contributed by atoms with Crippen molar-refractivity contribution in [3.63, 3.8) is 0 Å². The van der Waals surface area contributed by atoms with Crippen LogP contribution in [0.3, 0.4) is 0 Å². The van der Waals surface area contributed by atoms with Crippen LogP contribution in [-0.4, -0.2) is 37.0 Å². The topological polar surface area (TPSA) is 38.8 Å². The van der Waals surface area contributed by atoms with E-state index in [0.29, 0.717) is 32.1 Å². The van der Waals surface area contributed by atoms with Gasteiger partial charge in [-0.05, 0) is 0 Å². The van der Waals surface area contributed by atoms with Gasteiger partial charge in [-0.2, -0.15) is 0 Å². The first-order chi connectivity index (χ1) is 11.8. The molecule has 1 fully saturated rings. The minimum Gasteiger partial charge on any atom is -0.460 e. The Morgan fingerprint density at radius 1 is 0.875 bits per heavy atom. The molecule has 1 saturated heterocycles. The summed E-state index contributed by atoms with van der Waals surface area (Å²) in [4.78, 5) is 15.2. The minimum atomic E-state index is -1.09. The molecule has 0 aliphatic carbocycles. The molecule has 2 heterocycles. The number of benzene rings is 2. The molecular formula is C20H19NO3. The Bertz CT molecular complexity index is 751. The molecule has 122 valence electrons. The Balaban J connectivity index is 1.76. The number of carbonyl (C=O) groups is 1. The van der Waals surface area contributed by atoms with Gasteiger partial charge in [-0.15, -0.1) is 0 Å². The van der Waals surface area contributed by atoms with Gasteiger partial charge in [0.25, 0.3) is 5.72 Å². The van der Waals surface area contributed by atoms with E-state index in [9.17, 15) is 4.79 Å². The van der Waals surface area contributed by atoms with Gasteiger partial charge in [0.2, 0.25) is 5.78 Å². The van der Waals surface area contributed by atoms with Crippen molar-refractivity contribution in [2.45, 2.75) is 5.72 Å². The molecule has 2 aliphatic heterocycles. The van der Waals surface area contributed by atoms with E-state index in [1.165, 1.54) is 0 Å². The minimum absolute atomic E-state index is 0.0329. The first kappa shape index (κ1) is 15.1. The largest absolute Gasteiger partial charge is 0.460 e. The van der Waals surface area contributed by atoms with Gasteiger partial charge in [0.1, 0.15) is 5.76 Å². The fraction of sp³-hybridized carbons (Fsp3) is 0.250. The van der Waals surface area contributed by atoms with Gasteiger partial charge < -0.3 is 9.47 Å². The highest BCUT2D eigenvalue weighted by Crippen LogP contribution is 2.41. The lowest BCUT2D eigenvalue weighted by molar-refractivity contribution is -0.162. The predicted octanol–water partition coefficient (Wildman–Crippen LogP) is 2.81. The van der Waals surface area contributed by atoms with Gasteiger partial charge in [0, 0.05) is 30.3 Å². The van der Waals surface area contributed by atoms with Crippen molar-refractivity contribution < 1.29 is 14.3 Å². The molecule has 4 nitrogen and oxygen atoms in total. The maximum absolute atomic E-state index is 13.1.